The molecule has 0 aromatic heterocycles. The second-order valence-electron chi connectivity index (χ2n) is 4.79. The minimum Gasteiger partial charge on any atom is -0.462 e. The molecule has 0 unspecified atom stereocenters. The van der Waals surface area contributed by atoms with E-state index in [1.165, 1.54) is 18.2 Å². The first-order valence-corrected chi connectivity index (χ1v) is 8.23. The molecule has 0 bridgehead atoms. The van der Waals surface area contributed by atoms with Crippen LogP contribution in [0.3, 0.4) is 0 Å². The number of ether oxygens (including phenoxy) is 1. The van der Waals surface area contributed by atoms with Gasteiger partial charge >= 0.3 is 5.97 Å². The predicted octanol–water partition coefficient (Wildman–Crippen LogP) is 2.59. The summed E-state index contributed by atoms with van der Waals surface area (Å²) >= 11 is 0. The van der Waals surface area contributed by atoms with Crippen LogP contribution in [0, 0.1) is 6.92 Å². The number of carbonyl (C=O) groups is 1. The SMILES string of the molecule is CCOC(=O)c1ccc(S(=O)(=O)c2ccc(C)cc2)cc1N. The Kier molecular flexibility index (Phi) is 4.51. The number of aryl methyl sites for hydroxylation is 1. The van der Waals surface area contributed by atoms with Gasteiger partial charge < -0.3 is 10.5 Å². The molecule has 2 rings (SSSR count). The zero-order chi connectivity index (χ0) is 16.3. The van der Waals surface area contributed by atoms with Crippen molar-refractivity contribution in [2.75, 3.05) is 12.3 Å². The Morgan fingerprint density at radius 2 is 1.68 bits per heavy atom. The Morgan fingerprint density at radius 1 is 1.09 bits per heavy atom. The number of nitrogen functional groups attached to an aromatic ring is 1. The Morgan fingerprint density at radius 3 is 2.23 bits per heavy atom. The standard InChI is InChI=1S/C16H17NO4S/c1-3-21-16(18)14-9-8-13(10-15(14)17)22(19,20)12-6-4-11(2)5-7-12/h4-10H,3,17H2,1-2H3. The van der Waals surface area contributed by atoms with Crippen molar-refractivity contribution >= 4 is 21.5 Å². The van der Waals surface area contributed by atoms with E-state index < -0.39 is 15.8 Å². The number of carbonyl (C=O) groups excluding carboxylic acids is 1. The van der Waals surface area contributed by atoms with Gasteiger partial charge in [-0.05, 0) is 44.2 Å². The summed E-state index contributed by atoms with van der Waals surface area (Å²) < 4.78 is 29.9. The van der Waals surface area contributed by atoms with Crippen molar-refractivity contribution in [3.05, 3.63) is 53.6 Å². The van der Waals surface area contributed by atoms with Crippen LogP contribution >= 0.6 is 0 Å². The molecule has 0 atom stereocenters. The average molecular weight is 319 g/mol. The lowest BCUT2D eigenvalue weighted by molar-refractivity contribution is 0.0527. The van der Waals surface area contributed by atoms with E-state index in [9.17, 15) is 13.2 Å². The molecule has 0 aliphatic carbocycles. The summed E-state index contributed by atoms with van der Waals surface area (Å²) in [5, 5.41) is 0. The second kappa shape index (κ2) is 6.19. The summed E-state index contributed by atoms with van der Waals surface area (Å²) in [7, 11) is -3.67. The molecule has 2 N–H and O–H groups in total. The summed E-state index contributed by atoms with van der Waals surface area (Å²) in [5.74, 6) is -0.570. The first-order valence-electron chi connectivity index (χ1n) is 6.74. The van der Waals surface area contributed by atoms with Gasteiger partial charge in [-0.3, -0.25) is 0 Å². The van der Waals surface area contributed by atoms with E-state index in [-0.39, 0.29) is 27.6 Å². The van der Waals surface area contributed by atoms with Gasteiger partial charge in [-0.2, -0.15) is 0 Å². The van der Waals surface area contributed by atoms with Crippen LogP contribution in [0.25, 0.3) is 0 Å². The van der Waals surface area contributed by atoms with Crippen LogP contribution < -0.4 is 5.73 Å². The van der Waals surface area contributed by atoms with Crippen LogP contribution in [0.15, 0.2) is 52.3 Å². The van der Waals surface area contributed by atoms with Crippen LogP contribution in [0.2, 0.25) is 0 Å². The molecule has 5 nitrogen and oxygen atoms in total. The average Bonchev–Trinajstić information content (AvgIpc) is 2.47. The fourth-order valence-corrected chi connectivity index (χ4v) is 3.25. The third-order valence-corrected chi connectivity index (χ3v) is 4.93. The number of esters is 1. The maximum atomic E-state index is 12.5. The molecule has 0 saturated heterocycles. The molecule has 116 valence electrons. The molecule has 0 saturated carbocycles. The maximum Gasteiger partial charge on any atom is 0.340 e. The van der Waals surface area contributed by atoms with E-state index in [0.717, 1.165) is 5.56 Å². The predicted molar refractivity (Wildman–Crippen MR) is 83.4 cm³/mol. The molecule has 2 aromatic carbocycles. The molecule has 0 radical (unpaired) electrons. The highest BCUT2D eigenvalue weighted by molar-refractivity contribution is 7.91. The van der Waals surface area contributed by atoms with Crippen LogP contribution in [0.5, 0.6) is 0 Å². The lowest BCUT2D eigenvalue weighted by Gasteiger charge is -2.09. The van der Waals surface area contributed by atoms with Crippen LogP contribution in [0.4, 0.5) is 5.69 Å². The van der Waals surface area contributed by atoms with E-state index in [2.05, 4.69) is 0 Å². The van der Waals surface area contributed by atoms with Crippen molar-refractivity contribution in [3.63, 3.8) is 0 Å². The normalized spacial score (nSPS) is 11.2. The zero-order valence-corrected chi connectivity index (χ0v) is 13.2. The molecule has 0 fully saturated rings. The van der Waals surface area contributed by atoms with Gasteiger partial charge in [0.1, 0.15) is 0 Å². The zero-order valence-electron chi connectivity index (χ0n) is 12.4. The molecule has 0 aliphatic heterocycles. The number of anilines is 1. The highest BCUT2D eigenvalue weighted by Crippen LogP contribution is 2.25. The third kappa shape index (κ3) is 3.12. The summed E-state index contributed by atoms with van der Waals surface area (Å²) in [4.78, 5) is 11.9. The van der Waals surface area contributed by atoms with Crippen molar-refractivity contribution in [2.45, 2.75) is 23.6 Å². The first kappa shape index (κ1) is 16.0. The summed E-state index contributed by atoms with van der Waals surface area (Å²) in [6, 6.07) is 10.5. The van der Waals surface area contributed by atoms with Crippen molar-refractivity contribution < 1.29 is 17.9 Å². The van der Waals surface area contributed by atoms with Gasteiger partial charge in [-0.1, -0.05) is 17.7 Å². The van der Waals surface area contributed by atoms with E-state index >= 15 is 0 Å². The molecule has 0 amide bonds. The highest BCUT2D eigenvalue weighted by atomic mass is 32.2. The number of sulfone groups is 1. The molecule has 0 heterocycles. The fourth-order valence-electron chi connectivity index (χ4n) is 1.96. The molecule has 2 aromatic rings. The van der Waals surface area contributed by atoms with Gasteiger partial charge in [0.05, 0.1) is 22.0 Å². The van der Waals surface area contributed by atoms with E-state index in [1.807, 2.05) is 6.92 Å². The topological polar surface area (TPSA) is 86.5 Å². The van der Waals surface area contributed by atoms with Gasteiger partial charge in [0.2, 0.25) is 9.84 Å². The van der Waals surface area contributed by atoms with Gasteiger partial charge in [0, 0.05) is 5.69 Å². The quantitative estimate of drug-likeness (QED) is 0.691. The van der Waals surface area contributed by atoms with Crippen LogP contribution in [-0.2, 0) is 14.6 Å². The number of benzene rings is 2. The monoisotopic (exact) mass is 319 g/mol. The van der Waals surface area contributed by atoms with Gasteiger partial charge in [0.25, 0.3) is 0 Å². The fraction of sp³-hybridized carbons (Fsp3) is 0.188. The number of nitrogens with two attached hydrogens (primary N) is 1. The van der Waals surface area contributed by atoms with E-state index in [0.29, 0.717) is 0 Å². The summed E-state index contributed by atoms with van der Waals surface area (Å²) in [6.45, 7) is 3.79. The Labute approximate surface area is 129 Å². The van der Waals surface area contributed by atoms with Gasteiger partial charge in [0.15, 0.2) is 0 Å². The minimum absolute atomic E-state index is 0.0434. The Hall–Kier alpha value is -2.34. The first-order chi connectivity index (χ1) is 10.4. The Balaban J connectivity index is 2.43. The van der Waals surface area contributed by atoms with Gasteiger partial charge in [-0.25, -0.2) is 13.2 Å². The molecule has 0 aliphatic rings. The van der Waals surface area contributed by atoms with Crippen LogP contribution in [-0.4, -0.2) is 21.0 Å². The molecular weight excluding hydrogens is 302 g/mol. The van der Waals surface area contributed by atoms with Crippen molar-refractivity contribution in [1.29, 1.82) is 0 Å². The Bertz CT molecular complexity index is 795. The second-order valence-corrected chi connectivity index (χ2v) is 6.74. The molecule has 6 heteroatoms. The van der Waals surface area contributed by atoms with Crippen molar-refractivity contribution in [3.8, 4) is 0 Å². The van der Waals surface area contributed by atoms with E-state index in [1.54, 1.807) is 31.2 Å². The minimum atomic E-state index is -3.67. The van der Waals surface area contributed by atoms with Crippen molar-refractivity contribution in [1.82, 2.24) is 0 Å². The smallest absolute Gasteiger partial charge is 0.340 e. The molecular formula is C16H17NO4S. The highest BCUT2D eigenvalue weighted by Gasteiger charge is 2.20. The maximum absolute atomic E-state index is 12.5. The number of hydrogen-bond donors (Lipinski definition) is 1. The van der Waals surface area contributed by atoms with Gasteiger partial charge in [-0.15, -0.1) is 0 Å². The van der Waals surface area contributed by atoms with E-state index in [4.69, 9.17) is 10.5 Å². The number of hydrogen-bond acceptors (Lipinski definition) is 5. The van der Waals surface area contributed by atoms with Crippen molar-refractivity contribution in [2.24, 2.45) is 0 Å². The molecule has 22 heavy (non-hydrogen) atoms. The number of rotatable bonds is 4. The summed E-state index contributed by atoms with van der Waals surface area (Å²) in [6.07, 6.45) is 0. The lowest BCUT2D eigenvalue weighted by Crippen LogP contribution is -2.10. The van der Waals surface area contributed by atoms with Crippen LogP contribution in [0.1, 0.15) is 22.8 Å². The lowest BCUT2D eigenvalue weighted by atomic mass is 10.2. The largest absolute Gasteiger partial charge is 0.462 e. The third-order valence-electron chi connectivity index (χ3n) is 3.16. The summed E-state index contributed by atoms with van der Waals surface area (Å²) in [5.41, 5.74) is 6.99. The molecule has 0 spiro atoms.